The van der Waals surface area contributed by atoms with Crippen LogP contribution in [0.2, 0.25) is 0 Å². The van der Waals surface area contributed by atoms with E-state index in [1.807, 2.05) is 84.9 Å². The average molecular weight is 473 g/mol. The first-order chi connectivity index (χ1) is 17.3. The molecule has 0 amide bonds. The zero-order chi connectivity index (χ0) is 25.3. The van der Waals surface area contributed by atoms with E-state index in [0.717, 1.165) is 33.4 Å². The highest BCUT2D eigenvalue weighted by Gasteiger charge is 2.44. The molecule has 1 atom stereocenters. The van der Waals surface area contributed by atoms with Gasteiger partial charge in [0, 0.05) is 16.5 Å². The number of allylic oxidation sites excluding steroid dienone is 4. The van der Waals surface area contributed by atoms with Gasteiger partial charge in [-0.3, -0.25) is 0 Å². The summed E-state index contributed by atoms with van der Waals surface area (Å²) < 4.78 is 0. The van der Waals surface area contributed by atoms with Crippen molar-refractivity contribution in [2.24, 2.45) is 11.3 Å². The lowest BCUT2D eigenvalue weighted by molar-refractivity contribution is 0.241. The Morgan fingerprint density at radius 2 is 1.11 bits per heavy atom. The zero-order valence-corrected chi connectivity index (χ0v) is 21.0. The molecule has 0 saturated heterocycles. The first-order valence-corrected chi connectivity index (χ1v) is 12.4. The molecule has 1 aliphatic carbocycles. The molecular weight excluding hydrogens is 440 g/mol. The molecule has 2 N–H and O–H groups in total. The number of hydrogen-bond donors (Lipinski definition) is 2. The number of phenols is 2. The second-order valence-corrected chi connectivity index (χ2v) is 10.4. The summed E-state index contributed by atoms with van der Waals surface area (Å²) in [7, 11) is 0. The number of hydrogen-bond acceptors (Lipinski definition) is 2. The predicted octanol–water partition coefficient (Wildman–Crippen LogP) is 8.51. The lowest BCUT2D eigenvalue weighted by Crippen LogP contribution is -2.41. The Hall–Kier alpha value is -4.04. The van der Waals surface area contributed by atoms with E-state index in [1.165, 1.54) is 0 Å². The molecule has 5 rings (SSSR count). The van der Waals surface area contributed by atoms with Crippen LogP contribution in [-0.4, -0.2) is 10.2 Å². The van der Waals surface area contributed by atoms with E-state index in [2.05, 4.69) is 57.2 Å². The van der Waals surface area contributed by atoms with Crippen molar-refractivity contribution in [1.82, 2.24) is 0 Å². The maximum Gasteiger partial charge on any atom is 0.123 e. The van der Waals surface area contributed by atoms with E-state index in [4.69, 9.17) is 0 Å². The Morgan fingerprint density at radius 3 is 1.56 bits per heavy atom. The summed E-state index contributed by atoms with van der Waals surface area (Å²) in [5.74, 6) is 0.666. The van der Waals surface area contributed by atoms with Crippen LogP contribution in [0.4, 0.5) is 0 Å². The Kier molecular flexibility index (Phi) is 6.05. The number of rotatable bonds is 5. The predicted molar refractivity (Wildman–Crippen MR) is 149 cm³/mol. The van der Waals surface area contributed by atoms with Gasteiger partial charge in [-0.25, -0.2) is 0 Å². The minimum atomic E-state index is -0.445. The van der Waals surface area contributed by atoms with Crippen molar-refractivity contribution in [2.75, 3.05) is 0 Å². The van der Waals surface area contributed by atoms with Gasteiger partial charge in [0.25, 0.3) is 0 Å². The van der Waals surface area contributed by atoms with E-state index in [1.54, 1.807) is 0 Å². The van der Waals surface area contributed by atoms with Crippen molar-refractivity contribution < 1.29 is 10.2 Å². The third kappa shape index (κ3) is 4.13. The fourth-order valence-electron chi connectivity index (χ4n) is 5.71. The molecule has 4 aromatic rings. The highest BCUT2D eigenvalue weighted by molar-refractivity contribution is 5.73. The summed E-state index contributed by atoms with van der Waals surface area (Å²) >= 11 is 0. The van der Waals surface area contributed by atoms with Gasteiger partial charge in [-0.1, -0.05) is 118 Å². The quantitative estimate of drug-likeness (QED) is 0.306. The first-order valence-electron chi connectivity index (χ1n) is 12.4. The van der Waals surface area contributed by atoms with Crippen molar-refractivity contribution >= 4 is 0 Å². The molecule has 1 aliphatic rings. The summed E-state index contributed by atoms with van der Waals surface area (Å²) in [5.41, 5.74) is 5.26. The molecule has 180 valence electrons. The molecular formula is C34H32O2. The maximum absolute atomic E-state index is 10.8. The van der Waals surface area contributed by atoms with Gasteiger partial charge < -0.3 is 10.2 Å². The molecule has 0 heterocycles. The van der Waals surface area contributed by atoms with E-state index in [0.29, 0.717) is 0 Å². The van der Waals surface area contributed by atoms with Gasteiger partial charge in [-0.2, -0.15) is 0 Å². The zero-order valence-electron chi connectivity index (χ0n) is 21.0. The van der Waals surface area contributed by atoms with Gasteiger partial charge in [-0.15, -0.1) is 0 Å². The molecule has 0 saturated carbocycles. The minimum absolute atomic E-state index is 0.112. The van der Waals surface area contributed by atoms with Gasteiger partial charge in [0.1, 0.15) is 11.5 Å². The maximum atomic E-state index is 10.8. The van der Waals surface area contributed by atoms with E-state index < -0.39 is 5.41 Å². The summed E-state index contributed by atoms with van der Waals surface area (Å²) in [6, 6.07) is 32.0. The van der Waals surface area contributed by atoms with Crippen LogP contribution in [0.3, 0.4) is 0 Å². The van der Waals surface area contributed by atoms with Crippen molar-refractivity contribution in [2.45, 2.75) is 26.2 Å². The number of phenolic OH excluding ortho intramolecular Hbond substituents is 2. The SMILES string of the molecule is CC1(C)C=CC=CC1C(C)(c1ccc(O)c(-c2ccccc2)c1)c1ccc(O)c(-c2ccccc2)c1. The molecule has 1 unspecified atom stereocenters. The molecule has 0 bridgehead atoms. The topological polar surface area (TPSA) is 40.5 Å². The standard InChI is InChI=1S/C34H32O2/c1-33(2)21-11-10-16-32(33)34(3,26-17-19-30(35)28(22-26)24-12-6-4-7-13-24)27-18-20-31(36)29(23-27)25-14-8-5-9-15-25/h4-23,32,35-36H,1-3H3. The second-order valence-electron chi connectivity index (χ2n) is 10.4. The average Bonchev–Trinajstić information content (AvgIpc) is 2.89. The summed E-state index contributed by atoms with van der Waals surface area (Å²) in [4.78, 5) is 0. The first kappa shape index (κ1) is 23.7. The van der Waals surface area contributed by atoms with Crippen LogP contribution in [0.1, 0.15) is 31.9 Å². The normalized spacial score (nSPS) is 16.7. The second kappa shape index (κ2) is 9.20. The smallest absolute Gasteiger partial charge is 0.123 e. The highest BCUT2D eigenvalue weighted by atomic mass is 16.3. The molecule has 0 radical (unpaired) electrons. The third-order valence-electron chi connectivity index (χ3n) is 7.73. The van der Waals surface area contributed by atoms with E-state index >= 15 is 0 Å². The number of aromatic hydroxyl groups is 2. The summed E-state index contributed by atoms with van der Waals surface area (Å²) in [6.45, 7) is 6.82. The van der Waals surface area contributed by atoms with Crippen LogP contribution in [0, 0.1) is 11.3 Å². The summed E-state index contributed by atoms with van der Waals surface area (Å²) in [5, 5.41) is 21.6. The van der Waals surface area contributed by atoms with E-state index in [9.17, 15) is 10.2 Å². The van der Waals surface area contributed by atoms with Crippen molar-refractivity contribution in [3.05, 3.63) is 132 Å². The van der Waals surface area contributed by atoms with Crippen molar-refractivity contribution in [1.29, 1.82) is 0 Å². The van der Waals surface area contributed by atoms with Gasteiger partial charge in [-0.05, 0) is 57.9 Å². The van der Waals surface area contributed by atoms with Crippen LogP contribution in [0.15, 0.2) is 121 Å². The molecule has 0 spiro atoms. The molecule has 0 aromatic heterocycles. The third-order valence-corrected chi connectivity index (χ3v) is 7.73. The molecule has 2 heteroatoms. The molecule has 0 aliphatic heterocycles. The fraction of sp³-hybridized carbons (Fsp3) is 0.176. The Morgan fingerprint density at radius 1 is 0.639 bits per heavy atom. The fourth-order valence-corrected chi connectivity index (χ4v) is 5.71. The monoisotopic (exact) mass is 472 g/mol. The van der Waals surface area contributed by atoms with Crippen LogP contribution < -0.4 is 0 Å². The molecule has 0 fully saturated rings. The van der Waals surface area contributed by atoms with Crippen LogP contribution in [-0.2, 0) is 5.41 Å². The Balaban J connectivity index is 1.75. The minimum Gasteiger partial charge on any atom is -0.507 e. The van der Waals surface area contributed by atoms with Crippen LogP contribution >= 0.6 is 0 Å². The lowest BCUT2D eigenvalue weighted by Gasteiger charge is -2.46. The molecule has 4 aromatic carbocycles. The molecule has 2 nitrogen and oxygen atoms in total. The Labute approximate surface area is 213 Å². The highest BCUT2D eigenvalue weighted by Crippen LogP contribution is 2.51. The van der Waals surface area contributed by atoms with Gasteiger partial charge in [0.2, 0.25) is 0 Å². The molecule has 36 heavy (non-hydrogen) atoms. The Bertz CT molecular complexity index is 1340. The van der Waals surface area contributed by atoms with Crippen molar-refractivity contribution in [3.8, 4) is 33.8 Å². The van der Waals surface area contributed by atoms with Crippen LogP contribution in [0.25, 0.3) is 22.3 Å². The van der Waals surface area contributed by atoms with Gasteiger partial charge in [0.15, 0.2) is 0 Å². The van der Waals surface area contributed by atoms with Gasteiger partial charge in [0.05, 0.1) is 0 Å². The lowest BCUT2D eigenvalue weighted by atomic mass is 9.57. The van der Waals surface area contributed by atoms with Crippen LogP contribution in [0.5, 0.6) is 11.5 Å². The largest absolute Gasteiger partial charge is 0.507 e. The summed E-state index contributed by atoms with van der Waals surface area (Å²) in [6.07, 6.45) is 8.82. The van der Waals surface area contributed by atoms with E-state index in [-0.39, 0.29) is 22.8 Å². The van der Waals surface area contributed by atoms with Crippen molar-refractivity contribution in [3.63, 3.8) is 0 Å². The number of benzene rings is 4. The van der Waals surface area contributed by atoms with Gasteiger partial charge >= 0.3 is 0 Å².